The molecular formula is C23H29F2N3O. The molecule has 0 bridgehead atoms. The summed E-state index contributed by atoms with van der Waals surface area (Å²) in [6.45, 7) is 17.9. The van der Waals surface area contributed by atoms with Crippen molar-refractivity contribution in [3.05, 3.63) is 90.9 Å². The Labute approximate surface area is 171 Å². The van der Waals surface area contributed by atoms with Crippen LogP contribution in [0.15, 0.2) is 83.7 Å². The van der Waals surface area contributed by atoms with E-state index in [4.69, 9.17) is 10.3 Å². The molecule has 0 saturated heterocycles. The number of rotatable bonds is 6. The summed E-state index contributed by atoms with van der Waals surface area (Å²) in [6, 6.07) is 6.26. The van der Waals surface area contributed by atoms with E-state index in [0.717, 1.165) is 18.1 Å². The van der Waals surface area contributed by atoms with Crippen molar-refractivity contribution >= 4 is 5.70 Å². The molecule has 0 radical (unpaired) electrons. The van der Waals surface area contributed by atoms with Crippen molar-refractivity contribution in [1.82, 2.24) is 10.1 Å². The van der Waals surface area contributed by atoms with Crippen LogP contribution in [0.5, 0.6) is 0 Å². The highest BCUT2D eigenvalue weighted by Crippen LogP contribution is 2.21. The van der Waals surface area contributed by atoms with Crippen LogP contribution in [0.3, 0.4) is 0 Å². The van der Waals surface area contributed by atoms with Gasteiger partial charge in [-0.3, -0.25) is 0 Å². The zero-order valence-corrected chi connectivity index (χ0v) is 17.5. The van der Waals surface area contributed by atoms with Crippen LogP contribution in [0.1, 0.15) is 40.0 Å². The first-order chi connectivity index (χ1) is 13.9. The lowest BCUT2D eigenvalue weighted by atomic mass is 10.2. The molecule has 0 spiro atoms. The molecule has 2 aromatic rings. The predicted molar refractivity (Wildman–Crippen MR) is 117 cm³/mol. The van der Waals surface area contributed by atoms with Gasteiger partial charge >= 0.3 is 0 Å². The second-order valence-corrected chi connectivity index (χ2v) is 5.37. The van der Waals surface area contributed by atoms with Crippen molar-refractivity contribution in [3.8, 4) is 11.4 Å². The van der Waals surface area contributed by atoms with Gasteiger partial charge in [-0.1, -0.05) is 69.9 Å². The zero-order valence-electron chi connectivity index (χ0n) is 17.5. The Bertz CT molecular complexity index is 870. The lowest BCUT2D eigenvalue weighted by molar-refractivity contribution is 0.407. The third-order valence-electron chi connectivity index (χ3n) is 3.66. The molecule has 0 atom stereocenters. The van der Waals surface area contributed by atoms with Crippen LogP contribution in [-0.2, 0) is 0 Å². The maximum absolute atomic E-state index is 13.5. The minimum Gasteiger partial charge on any atom is -0.394 e. The number of halogens is 2. The Morgan fingerprint density at radius 3 is 2.17 bits per heavy atom. The zero-order chi connectivity index (χ0) is 22.4. The number of benzene rings is 1. The van der Waals surface area contributed by atoms with E-state index in [1.165, 1.54) is 18.2 Å². The molecule has 0 fully saturated rings. The highest BCUT2D eigenvalue weighted by molar-refractivity contribution is 5.62. The molecule has 0 aliphatic carbocycles. The fraction of sp³-hybridized carbons (Fsp3) is 0.217. The van der Waals surface area contributed by atoms with Gasteiger partial charge in [0.15, 0.2) is 0 Å². The summed E-state index contributed by atoms with van der Waals surface area (Å²) in [7, 11) is 0. The molecule has 0 aliphatic rings. The van der Waals surface area contributed by atoms with Crippen LogP contribution in [0.25, 0.3) is 17.1 Å². The monoisotopic (exact) mass is 401 g/mol. The molecule has 0 unspecified atom stereocenters. The molecule has 1 heterocycles. The largest absolute Gasteiger partial charge is 0.394 e. The Morgan fingerprint density at radius 1 is 1.14 bits per heavy atom. The lowest BCUT2D eigenvalue weighted by Gasteiger charge is -1.98. The van der Waals surface area contributed by atoms with Crippen molar-refractivity contribution in [3.63, 3.8) is 0 Å². The van der Waals surface area contributed by atoms with Crippen molar-refractivity contribution in [2.45, 2.75) is 34.1 Å². The third kappa shape index (κ3) is 7.70. The lowest BCUT2D eigenvalue weighted by Crippen LogP contribution is -2.00. The number of hydrogen-bond donors (Lipinski definition) is 1. The smallest absolute Gasteiger partial charge is 0.274 e. The van der Waals surface area contributed by atoms with Gasteiger partial charge in [0.05, 0.1) is 11.3 Å². The average molecular weight is 402 g/mol. The summed E-state index contributed by atoms with van der Waals surface area (Å²) in [5, 5.41) is 3.74. The first-order valence-electron chi connectivity index (χ1n) is 9.20. The SMILES string of the molecule is C=CC(F)=C(C=C)C=C.CC.CC/C(C)=C(/N)c1nc(-c2ccccc2F)no1. The molecule has 156 valence electrons. The molecule has 1 aromatic heterocycles. The Morgan fingerprint density at radius 2 is 1.72 bits per heavy atom. The number of nitrogens with two attached hydrogens (primary N) is 1. The van der Waals surface area contributed by atoms with Gasteiger partial charge < -0.3 is 10.3 Å². The van der Waals surface area contributed by atoms with Crippen LogP contribution in [0, 0.1) is 5.82 Å². The van der Waals surface area contributed by atoms with E-state index in [1.54, 1.807) is 18.2 Å². The first-order valence-corrected chi connectivity index (χ1v) is 9.20. The minimum atomic E-state index is -0.389. The van der Waals surface area contributed by atoms with E-state index in [2.05, 4.69) is 29.9 Å². The van der Waals surface area contributed by atoms with Crippen molar-refractivity contribution in [2.24, 2.45) is 5.73 Å². The quantitative estimate of drug-likeness (QED) is 0.543. The molecule has 2 N–H and O–H groups in total. The second kappa shape index (κ2) is 13.8. The van der Waals surface area contributed by atoms with Crippen LogP contribution in [-0.4, -0.2) is 10.1 Å². The molecule has 0 amide bonds. The van der Waals surface area contributed by atoms with E-state index < -0.39 is 0 Å². The molecule has 6 heteroatoms. The molecular weight excluding hydrogens is 372 g/mol. The summed E-state index contributed by atoms with van der Waals surface area (Å²) >= 11 is 0. The maximum Gasteiger partial charge on any atom is 0.274 e. The Balaban J connectivity index is 0.000000606. The van der Waals surface area contributed by atoms with E-state index in [9.17, 15) is 8.78 Å². The van der Waals surface area contributed by atoms with Crippen molar-refractivity contribution < 1.29 is 13.3 Å². The van der Waals surface area contributed by atoms with Crippen molar-refractivity contribution in [1.29, 1.82) is 0 Å². The van der Waals surface area contributed by atoms with Crippen LogP contribution in [0.4, 0.5) is 8.78 Å². The summed E-state index contributed by atoms with van der Waals surface area (Å²) < 4.78 is 31.0. The van der Waals surface area contributed by atoms with Crippen molar-refractivity contribution in [2.75, 3.05) is 0 Å². The van der Waals surface area contributed by atoms with E-state index in [0.29, 0.717) is 16.8 Å². The topological polar surface area (TPSA) is 64.9 Å². The Kier molecular flexibility index (Phi) is 12.3. The van der Waals surface area contributed by atoms with Crippen LogP contribution < -0.4 is 5.73 Å². The molecule has 29 heavy (non-hydrogen) atoms. The number of allylic oxidation sites excluding steroid dienone is 6. The summed E-state index contributed by atoms with van der Waals surface area (Å²) in [5.74, 6) is -0.345. The summed E-state index contributed by atoms with van der Waals surface area (Å²) in [6.07, 6.45) is 4.70. The molecule has 2 rings (SSSR count). The van der Waals surface area contributed by atoms with Gasteiger partial charge in [0.25, 0.3) is 5.89 Å². The van der Waals surface area contributed by atoms with Gasteiger partial charge in [0, 0.05) is 5.57 Å². The van der Waals surface area contributed by atoms with Gasteiger partial charge in [-0.05, 0) is 37.1 Å². The van der Waals surface area contributed by atoms with E-state index >= 15 is 0 Å². The molecule has 1 aromatic carbocycles. The highest BCUT2D eigenvalue weighted by atomic mass is 19.1. The maximum atomic E-state index is 13.5. The third-order valence-corrected chi connectivity index (χ3v) is 3.66. The Hall–Kier alpha value is -3.28. The first kappa shape index (κ1) is 25.7. The van der Waals surface area contributed by atoms with E-state index in [1.807, 2.05) is 27.7 Å². The summed E-state index contributed by atoms with van der Waals surface area (Å²) in [5.41, 5.74) is 7.96. The molecule has 0 saturated carbocycles. The molecule has 0 aliphatic heterocycles. The normalized spacial score (nSPS) is 10.3. The van der Waals surface area contributed by atoms with Gasteiger partial charge in [-0.25, -0.2) is 8.78 Å². The number of hydrogen-bond acceptors (Lipinski definition) is 4. The summed E-state index contributed by atoms with van der Waals surface area (Å²) in [4.78, 5) is 4.11. The standard InChI is InChI=1S/C13H14FN3O.C8H9F.C2H6/c1-3-8(2)11(15)13-16-12(17-18-13)9-6-4-5-7-10(9)14;1-4-7(5-2)8(9)6-3;1-2/h4-7H,3,15H2,1-2H3;4-6H,1-3H2;1-2H3/b11-8+;;. The fourth-order valence-electron chi connectivity index (χ4n) is 1.85. The van der Waals surface area contributed by atoms with Gasteiger partial charge in [0.2, 0.25) is 5.82 Å². The average Bonchev–Trinajstić information content (AvgIpc) is 3.25. The predicted octanol–water partition coefficient (Wildman–Crippen LogP) is 6.77. The van der Waals surface area contributed by atoms with Gasteiger partial charge in [-0.2, -0.15) is 4.98 Å². The number of aromatic nitrogens is 2. The highest BCUT2D eigenvalue weighted by Gasteiger charge is 2.14. The van der Waals surface area contributed by atoms with E-state index in [-0.39, 0.29) is 23.4 Å². The second-order valence-electron chi connectivity index (χ2n) is 5.37. The minimum absolute atomic E-state index is 0.204. The number of nitrogens with zero attached hydrogens (tertiary/aromatic N) is 2. The fourth-order valence-corrected chi connectivity index (χ4v) is 1.85. The molecule has 4 nitrogen and oxygen atoms in total. The van der Waals surface area contributed by atoms with Gasteiger partial charge in [-0.15, -0.1) is 0 Å². The van der Waals surface area contributed by atoms with Gasteiger partial charge in [0.1, 0.15) is 11.6 Å². The van der Waals surface area contributed by atoms with Crippen LogP contribution >= 0.6 is 0 Å². The van der Waals surface area contributed by atoms with Crippen LogP contribution in [0.2, 0.25) is 0 Å².